The number of carbonyl (C=O) groups is 1. The molecular weight excluding hydrogens is 394 g/mol. The van der Waals surface area contributed by atoms with E-state index >= 15 is 0 Å². The molecule has 162 valence electrons. The van der Waals surface area contributed by atoms with Gasteiger partial charge in [0.25, 0.3) is 11.5 Å². The van der Waals surface area contributed by atoms with Crippen molar-refractivity contribution in [3.05, 3.63) is 51.4 Å². The molecule has 2 N–H and O–H groups in total. The second kappa shape index (κ2) is 7.92. The number of pyridine rings is 2. The van der Waals surface area contributed by atoms with Gasteiger partial charge in [0, 0.05) is 18.8 Å². The average molecular weight is 422 g/mol. The van der Waals surface area contributed by atoms with Gasteiger partial charge in [-0.2, -0.15) is 0 Å². The normalized spacial score (nSPS) is 19.5. The highest BCUT2D eigenvalue weighted by molar-refractivity contribution is 5.97. The van der Waals surface area contributed by atoms with Gasteiger partial charge in [0.15, 0.2) is 0 Å². The van der Waals surface area contributed by atoms with Gasteiger partial charge >= 0.3 is 0 Å². The van der Waals surface area contributed by atoms with Crippen LogP contribution in [0.25, 0.3) is 16.7 Å². The Labute approximate surface area is 179 Å². The van der Waals surface area contributed by atoms with Crippen LogP contribution < -0.4 is 16.4 Å². The van der Waals surface area contributed by atoms with Crippen LogP contribution in [0.1, 0.15) is 54.4 Å². The van der Waals surface area contributed by atoms with Gasteiger partial charge in [-0.1, -0.05) is 18.9 Å². The Kier molecular flexibility index (Phi) is 5.09. The molecule has 8 nitrogen and oxygen atoms in total. The molecule has 1 atom stereocenters. The van der Waals surface area contributed by atoms with Crippen molar-refractivity contribution in [2.24, 2.45) is 0 Å². The van der Waals surface area contributed by atoms with E-state index in [2.05, 4.69) is 5.32 Å². The zero-order valence-electron chi connectivity index (χ0n) is 17.7. The number of nitrogens with zero attached hydrogens (tertiary/aromatic N) is 3. The maximum absolute atomic E-state index is 13.3. The maximum Gasteiger partial charge on any atom is 0.267 e. The fourth-order valence-corrected chi connectivity index (χ4v) is 4.72. The van der Waals surface area contributed by atoms with E-state index in [1.165, 1.54) is 10.5 Å². The van der Waals surface area contributed by atoms with Crippen molar-refractivity contribution >= 4 is 22.6 Å². The van der Waals surface area contributed by atoms with Crippen LogP contribution in [0.2, 0.25) is 0 Å². The monoisotopic (exact) mass is 421 g/mol. The molecule has 1 aliphatic heterocycles. The lowest BCUT2D eigenvalue weighted by molar-refractivity contribution is 0.0921. The third-order valence-electron chi connectivity index (χ3n) is 6.40. The zero-order chi connectivity index (χ0) is 21.5. The van der Waals surface area contributed by atoms with Crippen molar-refractivity contribution in [2.45, 2.75) is 64.1 Å². The summed E-state index contributed by atoms with van der Waals surface area (Å²) in [6, 6.07) is 5.38. The minimum atomic E-state index is -0.298. The third kappa shape index (κ3) is 3.65. The van der Waals surface area contributed by atoms with Gasteiger partial charge < -0.3 is 14.6 Å². The lowest BCUT2D eigenvalue weighted by Gasteiger charge is -2.18. The highest BCUT2D eigenvalue weighted by Crippen LogP contribution is 2.19. The largest absolute Gasteiger partial charge is 0.376 e. The quantitative estimate of drug-likeness (QED) is 0.631. The van der Waals surface area contributed by atoms with E-state index < -0.39 is 0 Å². The number of ether oxygens (including phenoxy) is 1. The Bertz CT molecular complexity index is 1280. The van der Waals surface area contributed by atoms with Crippen LogP contribution in [0.3, 0.4) is 0 Å². The van der Waals surface area contributed by atoms with Gasteiger partial charge in [-0.3, -0.25) is 19.4 Å². The Balaban J connectivity index is 1.71. The molecule has 1 unspecified atom stereocenters. The van der Waals surface area contributed by atoms with Crippen molar-refractivity contribution in [3.63, 3.8) is 0 Å². The molecule has 0 spiro atoms. The predicted molar refractivity (Wildman–Crippen MR) is 116 cm³/mol. The van der Waals surface area contributed by atoms with Crippen molar-refractivity contribution in [2.75, 3.05) is 6.61 Å². The zero-order valence-corrected chi connectivity index (χ0v) is 17.7. The second-order valence-corrected chi connectivity index (χ2v) is 8.70. The summed E-state index contributed by atoms with van der Waals surface area (Å²) in [5, 5.41) is 12.2. The molecule has 31 heavy (non-hydrogen) atoms. The Morgan fingerprint density at radius 3 is 2.81 bits per heavy atom. The van der Waals surface area contributed by atoms with Crippen molar-refractivity contribution < 1.29 is 9.53 Å². The van der Waals surface area contributed by atoms with Gasteiger partial charge in [0.1, 0.15) is 16.8 Å². The lowest BCUT2D eigenvalue weighted by Crippen LogP contribution is -2.39. The number of nitrogens with one attached hydrogen (secondary N) is 2. The topological polar surface area (TPSA) is 101 Å². The predicted octanol–water partition coefficient (Wildman–Crippen LogP) is 2.29. The minimum absolute atomic E-state index is 0.0521. The fourth-order valence-electron chi connectivity index (χ4n) is 4.72. The first-order valence-electron chi connectivity index (χ1n) is 11.0. The number of hydrogen-bond donors (Lipinski definition) is 2. The van der Waals surface area contributed by atoms with Crippen molar-refractivity contribution in [1.29, 1.82) is 5.41 Å². The summed E-state index contributed by atoms with van der Waals surface area (Å²) in [5.41, 5.74) is 1.93. The molecule has 3 aromatic heterocycles. The first-order valence-corrected chi connectivity index (χ1v) is 11.0. The Morgan fingerprint density at radius 1 is 1.26 bits per heavy atom. The number of carbonyl (C=O) groups excluding carboxylic acids is 1. The van der Waals surface area contributed by atoms with Crippen LogP contribution in [0, 0.1) is 12.3 Å². The summed E-state index contributed by atoms with van der Waals surface area (Å²) < 4.78 is 8.97. The van der Waals surface area contributed by atoms with Crippen LogP contribution in [-0.2, 0) is 11.3 Å². The number of aryl methyl sites for hydroxylation is 1. The SMILES string of the molecule is Cc1ccc2nc3c(cc(C(=O)NC4CCCC4)c(=N)n3CC3CCCO3)c(=O)n2c1. The lowest BCUT2D eigenvalue weighted by atomic mass is 10.1. The van der Waals surface area contributed by atoms with Crippen LogP contribution in [-0.4, -0.2) is 38.6 Å². The van der Waals surface area contributed by atoms with Crippen LogP contribution in [0.15, 0.2) is 29.2 Å². The summed E-state index contributed by atoms with van der Waals surface area (Å²) in [5.74, 6) is -0.298. The van der Waals surface area contributed by atoms with E-state index in [1.54, 1.807) is 16.8 Å². The molecule has 8 heteroatoms. The molecule has 1 aliphatic carbocycles. The Hall–Kier alpha value is -3.00. The van der Waals surface area contributed by atoms with Crippen molar-refractivity contribution in [1.82, 2.24) is 19.3 Å². The van der Waals surface area contributed by atoms with E-state index in [0.29, 0.717) is 29.8 Å². The van der Waals surface area contributed by atoms with E-state index in [-0.39, 0.29) is 34.7 Å². The molecule has 1 saturated carbocycles. The third-order valence-corrected chi connectivity index (χ3v) is 6.40. The molecule has 0 bridgehead atoms. The standard InChI is InChI=1S/C23H27N5O3/c1-14-8-9-19-26-21-18(23(30)27(19)12-14)11-17(22(29)25-15-5-2-3-6-15)20(24)28(21)13-16-7-4-10-31-16/h8-9,11-12,15-16,24H,2-7,10,13H2,1H3,(H,25,29). The van der Waals surface area contributed by atoms with E-state index in [4.69, 9.17) is 15.1 Å². The summed E-state index contributed by atoms with van der Waals surface area (Å²) in [6.07, 6.45) is 7.67. The number of fused-ring (bicyclic) bond motifs is 2. The smallest absolute Gasteiger partial charge is 0.267 e. The molecule has 0 radical (unpaired) electrons. The molecule has 0 aromatic carbocycles. The van der Waals surface area contributed by atoms with E-state index in [9.17, 15) is 9.59 Å². The van der Waals surface area contributed by atoms with Gasteiger partial charge in [0.2, 0.25) is 0 Å². The van der Waals surface area contributed by atoms with Crippen LogP contribution in [0.4, 0.5) is 0 Å². The maximum atomic E-state index is 13.3. The van der Waals surface area contributed by atoms with Crippen LogP contribution in [0.5, 0.6) is 0 Å². The molecule has 5 rings (SSSR count). The summed E-state index contributed by atoms with van der Waals surface area (Å²) in [4.78, 5) is 31.1. The van der Waals surface area contributed by atoms with Gasteiger partial charge in [-0.15, -0.1) is 0 Å². The fraction of sp³-hybridized carbons (Fsp3) is 0.478. The first kappa shape index (κ1) is 19.9. The summed E-state index contributed by atoms with van der Waals surface area (Å²) in [7, 11) is 0. The molecule has 4 heterocycles. The van der Waals surface area contributed by atoms with E-state index in [0.717, 1.165) is 44.1 Å². The molecule has 1 amide bonds. The summed E-state index contributed by atoms with van der Waals surface area (Å²) >= 11 is 0. The first-order chi connectivity index (χ1) is 15.0. The van der Waals surface area contributed by atoms with Gasteiger partial charge in [-0.05, 0) is 50.3 Å². The highest BCUT2D eigenvalue weighted by atomic mass is 16.5. The number of aromatic nitrogens is 3. The highest BCUT2D eigenvalue weighted by Gasteiger charge is 2.24. The molecular formula is C23H27N5O3. The summed E-state index contributed by atoms with van der Waals surface area (Å²) in [6.45, 7) is 3.01. The molecule has 2 aliphatic rings. The number of hydrogen-bond acceptors (Lipinski definition) is 5. The van der Waals surface area contributed by atoms with E-state index in [1.807, 2.05) is 13.0 Å². The van der Waals surface area contributed by atoms with Gasteiger partial charge in [-0.25, -0.2) is 4.98 Å². The minimum Gasteiger partial charge on any atom is -0.376 e. The number of amides is 1. The van der Waals surface area contributed by atoms with Crippen molar-refractivity contribution in [3.8, 4) is 0 Å². The second-order valence-electron chi connectivity index (χ2n) is 8.70. The Morgan fingerprint density at radius 2 is 2.06 bits per heavy atom. The average Bonchev–Trinajstić information content (AvgIpc) is 3.45. The molecule has 2 fully saturated rings. The van der Waals surface area contributed by atoms with Crippen LogP contribution >= 0.6 is 0 Å². The van der Waals surface area contributed by atoms with Gasteiger partial charge in [0.05, 0.1) is 23.6 Å². The number of rotatable bonds is 4. The molecule has 3 aromatic rings. The molecule has 1 saturated heterocycles.